The largest absolute Gasteiger partial charge is 0.330 e. The van der Waals surface area contributed by atoms with Crippen molar-refractivity contribution in [1.82, 2.24) is 4.31 Å². The van der Waals surface area contributed by atoms with E-state index in [9.17, 15) is 8.42 Å². The van der Waals surface area contributed by atoms with Gasteiger partial charge in [0, 0.05) is 13.6 Å². The number of nitrogens with two attached hydrogens (primary N) is 1. The molecule has 0 aromatic carbocycles. The molecule has 5 heteroatoms. The zero-order chi connectivity index (χ0) is 10.1. The van der Waals surface area contributed by atoms with Crippen molar-refractivity contribution in [2.45, 2.75) is 30.9 Å². The second-order valence-electron chi connectivity index (χ2n) is 3.92. The van der Waals surface area contributed by atoms with Gasteiger partial charge in [-0.15, -0.1) is 0 Å². The molecule has 13 heavy (non-hydrogen) atoms. The number of hydrogen-bond donors (Lipinski definition) is 1. The van der Waals surface area contributed by atoms with Crippen molar-refractivity contribution in [3.63, 3.8) is 0 Å². The van der Waals surface area contributed by atoms with E-state index in [1.54, 1.807) is 14.0 Å². The second kappa shape index (κ2) is 3.55. The minimum Gasteiger partial charge on any atom is -0.330 e. The molecule has 1 saturated carbocycles. The van der Waals surface area contributed by atoms with Crippen molar-refractivity contribution in [3.05, 3.63) is 0 Å². The highest BCUT2D eigenvalue weighted by Crippen LogP contribution is 2.44. The van der Waals surface area contributed by atoms with Crippen LogP contribution in [0.3, 0.4) is 0 Å². The molecule has 0 atom stereocenters. The Bertz CT molecular complexity index is 270. The first-order valence-corrected chi connectivity index (χ1v) is 6.04. The Hall–Kier alpha value is -0.130. The summed E-state index contributed by atoms with van der Waals surface area (Å²) in [5.74, 6) is 0. The summed E-state index contributed by atoms with van der Waals surface area (Å²) in [5, 5.41) is 0. The summed E-state index contributed by atoms with van der Waals surface area (Å²) in [6, 6.07) is 0. The van der Waals surface area contributed by atoms with Crippen LogP contribution in [0.2, 0.25) is 0 Å². The third-order valence-corrected chi connectivity index (χ3v) is 5.32. The van der Waals surface area contributed by atoms with Gasteiger partial charge in [-0.05, 0) is 32.7 Å². The van der Waals surface area contributed by atoms with E-state index in [0.717, 1.165) is 19.3 Å². The number of nitrogens with zero attached hydrogens (tertiary/aromatic N) is 1. The Kier molecular flexibility index (Phi) is 2.99. The van der Waals surface area contributed by atoms with Gasteiger partial charge in [0.15, 0.2) is 0 Å². The van der Waals surface area contributed by atoms with Crippen LogP contribution < -0.4 is 5.73 Å². The summed E-state index contributed by atoms with van der Waals surface area (Å²) in [5.41, 5.74) is 5.32. The molecule has 4 nitrogen and oxygen atoms in total. The van der Waals surface area contributed by atoms with Crippen LogP contribution in [0.25, 0.3) is 0 Å². The van der Waals surface area contributed by atoms with Crippen LogP contribution in [0.1, 0.15) is 26.2 Å². The minimum atomic E-state index is -3.06. The lowest BCUT2D eigenvalue weighted by molar-refractivity contribution is 0.453. The predicted molar refractivity (Wildman–Crippen MR) is 52.9 cm³/mol. The van der Waals surface area contributed by atoms with E-state index >= 15 is 0 Å². The maximum absolute atomic E-state index is 11.8. The molecule has 0 aromatic rings. The van der Waals surface area contributed by atoms with E-state index in [1.165, 1.54) is 4.31 Å². The normalized spacial score (nSPS) is 20.6. The topological polar surface area (TPSA) is 63.4 Å². The van der Waals surface area contributed by atoms with Gasteiger partial charge in [0.2, 0.25) is 10.0 Å². The summed E-state index contributed by atoms with van der Waals surface area (Å²) < 4.78 is 24.6. The molecule has 0 spiro atoms. The molecule has 78 valence electrons. The first-order valence-electron chi connectivity index (χ1n) is 4.60. The lowest BCUT2D eigenvalue weighted by Crippen LogP contribution is -2.37. The zero-order valence-corrected chi connectivity index (χ0v) is 9.10. The zero-order valence-electron chi connectivity index (χ0n) is 8.28. The Morgan fingerprint density at radius 2 is 2.00 bits per heavy atom. The van der Waals surface area contributed by atoms with Gasteiger partial charge in [-0.25, -0.2) is 12.7 Å². The summed E-state index contributed by atoms with van der Waals surface area (Å²) in [6.07, 6.45) is 2.32. The quantitative estimate of drug-likeness (QED) is 0.696. The summed E-state index contributed by atoms with van der Waals surface area (Å²) in [7, 11) is -1.43. The first-order chi connectivity index (χ1) is 5.94. The average molecular weight is 206 g/mol. The van der Waals surface area contributed by atoms with E-state index in [-0.39, 0.29) is 0 Å². The molecule has 0 saturated heterocycles. The van der Waals surface area contributed by atoms with Gasteiger partial charge in [0.05, 0.1) is 4.75 Å². The predicted octanol–water partition coefficient (Wildman–Crippen LogP) is 0.149. The van der Waals surface area contributed by atoms with Crippen LogP contribution in [0.4, 0.5) is 0 Å². The van der Waals surface area contributed by atoms with Gasteiger partial charge in [-0.3, -0.25) is 0 Å². The van der Waals surface area contributed by atoms with Crippen molar-refractivity contribution in [2.75, 3.05) is 20.1 Å². The van der Waals surface area contributed by atoms with Crippen LogP contribution in [-0.4, -0.2) is 37.6 Å². The Labute approximate surface area is 80.1 Å². The fourth-order valence-corrected chi connectivity index (χ4v) is 2.98. The molecule has 1 aliphatic carbocycles. The average Bonchev–Trinajstić information content (AvgIpc) is 2.80. The van der Waals surface area contributed by atoms with Crippen molar-refractivity contribution < 1.29 is 8.42 Å². The Morgan fingerprint density at radius 3 is 2.38 bits per heavy atom. The molecule has 0 radical (unpaired) electrons. The van der Waals surface area contributed by atoms with Crippen LogP contribution in [0, 0.1) is 0 Å². The molecule has 0 aromatic heterocycles. The minimum absolute atomic E-state index is 0.476. The molecular formula is C8H18N2O2S. The van der Waals surface area contributed by atoms with E-state index in [0.29, 0.717) is 13.1 Å². The van der Waals surface area contributed by atoms with Gasteiger partial charge in [0.25, 0.3) is 0 Å². The summed E-state index contributed by atoms with van der Waals surface area (Å²) in [6.45, 7) is 2.88. The summed E-state index contributed by atoms with van der Waals surface area (Å²) >= 11 is 0. The second-order valence-corrected chi connectivity index (χ2v) is 6.48. The van der Waals surface area contributed by atoms with Gasteiger partial charge < -0.3 is 5.73 Å². The van der Waals surface area contributed by atoms with Crippen molar-refractivity contribution >= 4 is 10.0 Å². The van der Waals surface area contributed by atoms with Crippen LogP contribution in [0.5, 0.6) is 0 Å². The van der Waals surface area contributed by atoms with Crippen LogP contribution in [-0.2, 0) is 10.0 Å². The number of hydrogen-bond acceptors (Lipinski definition) is 3. The number of sulfonamides is 1. The highest BCUT2D eigenvalue weighted by atomic mass is 32.2. The highest BCUT2D eigenvalue weighted by Gasteiger charge is 2.51. The van der Waals surface area contributed by atoms with E-state index < -0.39 is 14.8 Å². The van der Waals surface area contributed by atoms with Crippen molar-refractivity contribution in [1.29, 1.82) is 0 Å². The fraction of sp³-hybridized carbons (Fsp3) is 1.00. The van der Waals surface area contributed by atoms with E-state index in [4.69, 9.17) is 5.73 Å². The Balaban J connectivity index is 2.59. The van der Waals surface area contributed by atoms with E-state index in [2.05, 4.69) is 0 Å². The lowest BCUT2D eigenvalue weighted by atomic mass is 10.4. The maximum atomic E-state index is 11.8. The SMILES string of the molecule is CN(CCCN)S(=O)(=O)C1(C)CC1. The molecule has 1 fully saturated rings. The standard InChI is InChI=1S/C8H18N2O2S/c1-8(4-5-8)13(11,12)10(2)7-3-6-9/h3-7,9H2,1-2H3. The fourth-order valence-electron chi connectivity index (χ4n) is 1.24. The van der Waals surface area contributed by atoms with Crippen molar-refractivity contribution in [3.8, 4) is 0 Å². The van der Waals surface area contributed by atoms with Gasteiger partial charge in [-0.1, -0.05) is 0 Å². The Morgan fingerprint density at radius 1 is 1.46 bits per heavy atom. The smallest absolute Gasteiger partial charge is 0.219 e. The molecular weight excluding hydrogens is 188 g/mol. The highest BCUT2D eigenvalue weighted by molar-refractivity contribution is 7.90. The lowest BCUT2D eigenvalue weighted by Gasteiger charge is -2.20. The van der Waals surface area contributed by atoms with Gasteiger partial charge >= 0.3 is 0 Å². The molecule has 0 bridgehead atoms. The monoisotopic (exact) mass is 206 g/mol. The molecule has 1 aliphatic rings. The van der Waals surface area contributed by atoms with E-state index in [1.807, 2.05) is 0 Å². The first kappa shape index (κ1) is 10.9. The molecule has 1 rings (SSSR count). The molecule has 0 heterocycles. The molecule has 0 aliphatic heterocycles. The third-order valence-electron chi connectivity index (χ3n) is 2.66. The van der Waals surface area contributed by atoms with Crippen molar-refractivity contribution in [2.24, 2.45) is 5.73 Å². The van der Waals surface area contributed by atoms with Crippen LogP contribution >= 0.6 is 0 Å². The number of rotatable bonds is 5. The molecule has 2 N–H and O–H groups in total. The van der Waals surface area contributed by atoms with Gasteiger partial charge in [-0.2, -0.15) is 0 Å². The third kappa shape index (κ3) is 2.03. The van der Waals surface area contributed by atoms with Gasteiger partial charge in [0.1, 0.15) is 0 Å². The maximum Gasteiger partial charge on any atom is 0.219 e. The van der Waals surface area contributed by atoms with Crippen LogP contribution in [0.15, 0.2) is 0 Å². The summed E-state index contributed by atoms with van der Waals surface area (Å²) in [4.78, 5) is 0. The molecule has 0 unspecified atom stereocenters. The molecule has 0 amide bonds.